The maximum Gasteiger partial charge on any atom is 0.216 e. The van der Waals surface area contributed by atoms with Crippen LogP contribution in [0.15, 0.2) is 47.1 Å². The third kappa shape index (κ3) is 5.23. The monoisotopic (exact) mass is 316 g/mol. The van der Waals surface area contributed by atoms with Crippen LogP contribution in [-0.2, 0) is 11.2 Å². The molecule has 0 aliphatic heterocycles. The van der Waals surface area contributed by atoms with Crippen LogP contribution < -0.4 is 10.6 Å². The molecule has 23 heavy (non-hydrogen) atoms. The fourth-order valence-corrected chi connectivity index (χ4v) is 2.47. The van der Waals surface area contributed by atoms with Gasteiger partial charge in [0.1, 0.15) is 5.76 Å². The molecule has 0 radical (unpaired) electrons. The number of hydrogen-bond acceptors (Lipinski definition) is 4. The van der Waals surface area contributed by atoms with Crippen LogP contribution in [0.5, 0.6) is 0 Å². The minimum atomic E-state index is -0.223. The fourth-order valence-electron chi connectivity index (χ4n) is 2.47. The third-order valence-electron chi connectivity index (χ3n) is 3.79. The molecule has 1 aromatic carbocycles. The van der Waals surface area contributed by atoms with E-state index in [1.165, 1.54) is 12.5 Å². The molecule has 0 saturated carbocycles. The molecular weight excluding hydrogens is 292 g/mol. The van der Waals surface area contributed by atoms with E-state index in [2.05, 4.69) is 41.8 Å². The van der Waals surface area contributed by atoms with E-state index in [1.807, 2.05) is 12.1 Å². The Hall–Kier alpha value is -2.11. The largest absolute Gasteiger partial charge is 0.468 e. The van der Waals surface area contributed by atoms with Crippen LogP contribution in [0.3, 0.4) is 0 Å². The highest BCUT2D eigenvalue weighted by atomic mass is 16.3. The molecule has 124 valence electrons. The van der Waals surface area contributed by atoms with Crippen LogP contribution in [-0.4, -0.2) is 24.2 Å². The molecule has 2 unspecified atom stereocenters. The summed E-state index contributed by atoms with van der Waals surface area (Å²) in [5, 5.41) is 15.7. The molecule has 0 spiro atoms. The molecule has 1 amide bonds. The highest BCUT2D eigenvalue weighted by molar-refractivity contribution is 5.72. The summed E-state index contributed by atoms with van der Waals surface area (Å²) in [5.74, 6) is 0.721. The lowest BCUT2D eigenvalue weighted by molar-refractivity contribution is -0.118. The molecule has 1 aromatic heterocycles. The first kappa shape index (κ1) is 17.2. The highest BCUT2D eigenvalue weighted by Crippen LogP contribution is 2.20. The number of amides is 1. The second-order valence-corrected chi connectivity index (χ2v) is 5.61. The van der Waals surface area contributed by atoms with Gasteiger partial charge in [-0.2, -0.15) is 0 Å². The van der Waals surface area contributed by atoms with Gasteiger partial charge in [0.2, 0.25) is 5.91 Å². The van der Waals surface area contributed by atoms with Crippen LogP contribution in [0.2, 0.25) is 0 Å². The molecular formula is C18H24N2O3. The Bertz CT molecular complexity index is 593. The zero-order chi connectivity index (χ0) is 16.7. The first-order valence-electron chi connectivity index (χ1n) is 7.83. The van der Waals surface area contributed by atoms with Gasteiger partial charge in [0, 0.05) is 19.5 Å². The van der Waals surface area contributed by atoms with Crippen molar-refractivity contribution in [3.05, 3.63) is 59.5 Å². The number of carbonyl (C=O) groups excluding carboxylic acids is 1. The van der Waals surface area contributed by atoms with Crippen molar-refractivity contribution in [1.82, 2.24) is 10.6 Å². The van der Waals surface area contributed by atoms with Crippen LogP contribution in [0.4, 0.5) is 0 Å². The zero-order valence-corrected chi connectivity index (χ0v) is 13.6. The van der Waals surface area contributed by atoms with Crippen molar-refractivity contribution in [3.8, 4) is 0 Å². The summed E-state index contributed by atoms with van der Waals surface area (Å²) in [6, 6.07) is 11.8. The predicted octanol–water partition coefficient (Wildman–Crippen LogP) is 2.34. The number of furan rings is 1. The molecule has 1 heterocycles. The quantitative estimate of drug-likeness (QED) is 0.699. The Morgan fingerprint density at radius 3 is 2.57 bits per heavy atom. The number of hydrogen-bond donors (Lipinski definition) is 3. The number of aliphatic hydroxyl groups excluding tert-OH is 1. The van der Waals surface area contributed by atoms with Crippen molar-refractivity contribution in [1.29, 1.82) is 0 Å². The second kappa shape index (κ2) is 8.50. The Morgan fingerprint density at radius 1 is 1.26 bits per heavy atom. The van der Waals surface area contributed by atoms with Crippen molar-refractivity contribution in [3.63, 3.8) is 0 Å². The molecule has 5 nitrogen and oxygen atoms in total. The summed E-state index contributed by atoms with van der Waals surface area (Å²) in [6.07, 6.45) is 2.42. The third-order valence-corrected chi connectivity index (χ3v) is 3.79. The van der Waals surface area contributed by atoms with Gasteiger partial charge in [-0.05, 0) is 36.6 Å². The number of rotatable bonds is 8. The molecule has 0 fully saturated rings. The number of benzene rings is 1. The number of aliphatic hydroxyl groups is 1. The van der Waals surface area contributed by atoms with Crippen molar-refractivity contribution in [2.45, 2.75) is 32.4 Å². The van der Waals surface area contributed by atoms with E-state index in [0.717, 1.165) is 17.7 Å². The van der Waals surface area contributed by atoms with Gasteiger partial charge in [0.15, 0.2) is 0 Å². The van der Waals surface area contributed by atoms with E-state index in [9.17, 15) is 9.90 Å². The van der Waals surface area contributed by atoms with E-state index >= 15 is 0 Å². The lowest BCUT2D eigenvalue weighted by Crippen LogP contribution is -2.27. The molecule has 2 atom stereocenters. The van der Waals surface area contributed by atoms with E-state index in [1.54, 1.807) is 6.26 Å². The summed E-state index contributed by atoms with van der Waals surface area (Å²) in [6.45, 7) is 4.20. The fraction of sp³-hybridized carbons (Fsp3) is 0.389. The van der Waals surface area contributed by atoms with Crippen LogP contribution in [0.25, 0.3) is 0 Å². The Balaban J connectivity index is 1.91. The SMILES string of the molecule is CC(=O)NCCc1ccc(C(C)NC(CO)c2ccco2)cc1. The van der Waals surface area contributed by atoms with Gasteiger partial charge in [-0.1, -0.05) is 24.3 Å². The summed E-state index contributed by atoms with van der Waals surface area (Å²) >= 11 is 0. The van der Waals surface area contributed by atoms with Gasteiger partial charge < -0.3 is 14.8 Å². The second-order valence-electron chi connectivity index (χ2n) is 5.61. The number of nitrogens with one attached hydrogen (secondary N) is 2. The molecule has 0 aliphatic rings. The van der Waals surface area contributed by atoms with E-state index in [-0.39, 0.29) is 24.6 Å². The maximum atomic E-state index is 10.9. The van der Waals surface area contributed by atoms with Crippen LogP contribution in [0.1, 0.15) is 42.8 Å². The van der Waals surface area contributed by atoms with Gasteiger partial charge in [0.25, 0.3) is 0 Å². The molecule has 5 heteroatoms. The molecule has 0 saturated heterocycles. The highest BCUT2D eigenvalue weighted by Gasteiger charge is 2.16. The summed E-state index contributed by atoms with van der Waals surface area (Å²) in [4.78, 5) is 10.9. The first-order chi connectivity index (χ1) is 11.1. The smallest absolute Gasteiger partial charge is 0.216 e. The lowest BCUT2D eigenvalue weighted by Gasteiger charge is -2.20. The predicted molar refractivity (Wildman–Crippen MR) is 88.9 cm³/mol. The van der Waals surface area contributed by atoms with Gasteiger partial charge in [-0.15, -0.1) is 0 Å². The minimum Gasteiger partial charge on any atom is -0.468 e. The maximum absolute atomic E-state index is 10.9. The summed E-state index contributed by atoms with van der Waals surface area (Å²) in [5.41, 5.74) is 2.32. The van der Waals surface area contributed by atoms with Gasteiger partial charge in [-0.25, -0.2) is 0 Å². The lowest BCUT2D eigenvalue weighted by atomic mass is 10.0. The van der Waals surface area contributed by atoms with E-state index in [4.69, 9.17) is 4.42 Å². The normalized spacial score (nSPS) is 13.5. The average Bonchev–Trinajstić information content (AvgIpc) is 3.07. The van der Waals surface area contributed by atoms with Gasteiger partial charge in [0.05, 0.1) is 18.9 Å². The Morgan fingerprint density at radius 2 is 2.00 bits per heavy atom. The van der Waals surface area contributed by atoms with Crippen LogP contribution >= 0.6 is 0 Å². The molecule has 0 aliphatic carbocycles. The standard InChI is InChI=1S/C18H24N2O3/c1-13(20-17(12-21)18-4-3-11-23-18)16-7-5-15(6-8-16)9-10-19-14(2)22/h3-8,11,13,17,20-21H,9-10,12H2,1-2H3,(H,19,22). The molecule has 3 N–H and O–H groups in total. The van der Waals surface area contributed by atoms with Crippen molar-refractivity contribution in [2.75, 3.05) is 13.2 Å². The molecule has 0 bridgehead atoms. The van der Waals surface area contributed by atoms with Gasteiger partial charge in [-0.3, -0.25) is 10.1 Å². The summed E-state index contributed by atoms with van der Waals surface area (Å²) < 4.78 is 5.35. The number of carbonyl (C=O) groups is 1. The average molecular weight is 316 g/mol. The van der Waals surface area contributed by atoms with Crippen molar-refractivity contribution < 1.29 is 14.3 Å². The Kier molecular flexibility index (Phi) is 6.38. The van der Waals surface area contributed by atoms with Crippen molar-refractivity contribution >= 4 is 5.91 Å². The van der Waals surface area contributed by atoms with Crippen molar-refractivity contribution in [2.24, 2.45) is 0 Å². The topological polar surface area (TPSA) is 74.5 Å². The minimum absolute atomic E-state index is 0.00702. The Labute approximate surface area is 136 Å². The molecule has 2 rings (SSSR count). The van der Waals surface area contributed by atoms with Crippen LogP contribution in [0, 0.1) is 0 Å². The van der Waals surface area contributed by atoms with E-state index < -0.39 is 0 Å². The van der Waals surface area contributed by atoms with E-state index in [0.29, 0.717) is 6.54 Å². The molecule has 2 aromatic rings. The zero-order valence-electron chi connectivity index (χ0n) is 13.6. The first-order valence-corrected chi connectivity index (χ1v) is 7.83. The van der Waals surface area contributed by atoms with Gasteiger partial charge >= 0.3 is 0 Å². The summed E-state index contributed by atoms with van der Waals surface area (Å²) in [7, 11) is 0.